The van der Waals surface area contributed by atoms with Crippen LogP contribution in [0.5, 0.6) is 0 Å². The lowest BCUT2D eigenvalue weighted by atomic mass is 10.1. The van der Waals surface area contributed by atoms with Crippen LogP contribution < -0.4 is 5.32 Å². The van der Waals surface area contributed by atoms with Gasteiger partial charge in [0.05, 0.1) is 0 Å². The Hall–Kier alpha value is -0.300. The molecule has 66 valence electrons. The summed E-state index contributed by atoms with van der Waals surface area (Å²) in [6.07, 6.45) is 6.94. The number of hydrogen-bond donors (Lipinski definition) is 1. The second-order valence-corrected chi connectivity index (χ2v) is 2.91. The summed E-state index contributed by atoms with van der Waals surface area (Å²) in [7, 11) is 0. The summed E-state index contributed by atoms with van der Waals surface area (Å²) in [5.41, 5.74) is 0. The fourth-order valence-electron chi connectivity index (χ4n) is 1.30. The second-order valence-electron chi connectivity index (χ2n) is 2.91. The minimum absolute atomic E-state index is 0.711. The van der Waals surface area contributed by atoms with E-state index < -0.39 is 0 Å². The molecular weight excluding hydrogens is 134 g/mol. The van der Waals surface area contributed by atoms with Gasteiger partial charge in [0.2, 0.25) is 0 Å². The van der Waals surface area contributed by atoms with Gasteiger partial charge in [-0.1, -0.05) is 26.3 Å². The summed E-state index contributed by atoms with van der Waals surface area (Å²) in [4.78, 5) is 0. The summed E-state index contributed by atoms with van der Waals surface area (Å²) >= 11 is 0. The molecule has 1 unspecified atom stereocenters. The van der Waals surface area contributed by atoms with Crippen LogP contribution in [0.15, 0.2) is 12.7 Å². The van der Waals surface area contributed by atoms with E-state index in [4.69, 9.17) is 0 Å². The molecular formula is C10H21N. The first-order valence-corrected chi connectivity index (χ1v) is 4.69. The van der Waals surface area contributed by atoms with Crippen molar-refractivity contribution in [3.8, 4) is 0 Å². The molecule has 11 heavy (non-hydrogen) atoms. The van der Waals surface area contributed by atoms with Crippen molar-refractivity contribution < 1.29 is 0 Å². The van der Waals surface area contributed by atoms with Crippen LogP contribution in [0.2, 0.25) is 0 Å². The molecule has 0 aromatic carbocycles. The SMILES string of the molecule is C=CCCC(CCC)NCC. The van der Waals surface area contributed by atoms with Crippen LogP contribution in [0.4, 0.5) is 0 Å². The summed E-state index contributed by atoms with van der Waals surface area (Å²) in [5.74, 6) is 0. The van der Waals surface area contributed by atoms with E-state index in [1.807, 2.05) is 6.08 Å². The Kier molecular flexibility index (Phi) is 7.59. The van der Waals surface area contributed by atoms with E-state index in [9.17, 15) is 0 Å². The van der Waals surface area contributed by atoms with E-state index in [0.29, 0.717) is 6.04 Å². The van der Waals surface area contributed by atoms with Gasteiger partial charge in [0.25, 0.3) is 0 Å². The number of nitrogens with one attached hydrogen (secondary N) is 1. The Balaban J connectivity index is 3.41. The number of allylic oxidation sites excluding steroid dienone is 1. The Morgan fingerprint density at radius 1 is 1.36 bits per heavy atom. The van der Waals surface area contributed by atoms with Gasteiger partial charge >= 0.3 is 0 Å². The van der Waals surface area contributed by atoms with Gasteiger partial charge in [-0.25, -0.2) is 0 Å². The van der Waals surface area contributed by atoms with Gasteiger partial charge in [-0.05, 0) is 25.8 Å². The smallest absolute Gasteiger partial charge is 0.00697 e. The zero-order valence-electron chi connectivity index (χ0n) is 7.90. The van der Waals surface area contributed by atoms with Crippen molar-refractivity contribution in [2.45, 2.75) is 45.6 Å². The van der Waals surface area contributed by atoms with Crippen molar-refractivity contribution in [2.24, 2.45) is 0 Å². The third-order valence-electron chi connectivity index (χ3n) is 1.85. The largest absolute Gasteiger partial charge is 0.314 e. The topological polar surface area (TPSA) is 12.0 Å². The number of hydrogen-bond acceptors (Lipinski definition) is 1. The molecule has 0 saturated carbocycles. The molecule has 0 fully saturated rings. The Labute approximate surface area is 70.9 Å². The van der Waals surface area contributed by atoms with Gasteiger partial charge in [-0.15, -0.1) is 6.58 Å². The summed E-state index contributed by atoms with van der Waals surface area (Å²) < 4.78 is 0. The van der Waals surface area contributed by atoms with E-state index in [1.54, 1.807) is 0 Å². The molecule has 0 aromatic rings. The van der Waals surface area contributed by atoms with Gasteiger partial charge in [0.15, 0.2) is 0 Å². The first-order chi connectivity index (χ1) is 5.35. The Morgan fingerprint density at radius 2 is 2.09 bits per heavy atom. The first kappa shape index (κ1) is 10.7. The maximum absolute atomic E-state index is 3.73. The fraction of sp³-hybridized carbons (Fsp3) is 0.800. The highest BCUT2D eigenvalue weighted by molar-refractivity contribution is 4.73. The molecule has 0 amide bonds. The Bertz CT molecular complexity index is 82.9. The highest BCUT2D eigenvalue weighted by Gasteiger charge is 2.02. The zero-order valence-corrected chi connectivity index (χ0v) is 7.90. The molecule has 0 radical (unpaired) electrons. The quantitative estimate of drug-likeness (QED) is 0.557. The van der Waals surface area contributed by atoms with Crippen LogP contribution in [0.25, 0.3) is 0 Å². The second kappa shape index (κ2) is 7.80. The highest BCUT2D eigenvalue weighted by Crippen LogP contribution is 2.04. The predicted octanol–water partition coefficient (Wildman–Crippen LogP) is 2.73. The van der Waals surface area contributed by atoms with E-state index in [-0.39, 0.29) is 0 Å². The lowest BCUT2D eigenvalue weighted by molar-refractivity contribution is 0.463. The fourth-order valence-corrected chi connectivity index (χ4v) is 1.30. The molecule has 0 aliphatic heterocycles. The van der Waals surface area contributed by atoms with Gasteiger partial charge in [-0.2, -0.15) is 0 Å². The zero-order chi connectivity index (χ0) is 8.53. The van der Waals surface area contributed by atoms with Crippen LogP contribution in [-0.4, -0.2) is 12.6 Å². The van der Waals surface area contributed by atoms with Crippen LogP contribution in [-0.2, 0) is 0 Å². The highest BCUT2D eigenvalue weighted by atomic mass is 14.9. The third kappa shape index (κ3) is 6.11. The maximum Gasteiger partial charge on any atom is 0.00697 e. The molecule has 1 heteroatoms. The van der Waals surface area contributed by atoms with Gasteiger partial charge in [0, 0.05) is 6.04 Å². The summed E-state index contributed by atoms with van der Waals surface area (Å²) in [6, 6.07) is 0.711. The predicted molar refractivity (Wildman–Crippen MR) is 51.8 cm³/mol. The molecule has 1 nitrogen and oxygen atoms in total. The molecule has 0 aliphatic rings. The number of rotatable bonds is 7. The van der Waals surface area contributed by atoms with E-state index in [0.717, 1.165) is 13.0 Å². The van der Waals surface area contributed by atoms with E-state index in [2.05, 4.69) is 25.7 Å². The van der Waals surface area contributed by atoms with Crippen molar-refractivity contribution in [3.63, 3.8) is 0 Å². The standard InChI is InChI=1S/C10H21N/c1-4-7-9-10(8-5-2)11-6-3/h4,10-11H,1,5-9H2,2-3H3. The van der Waals surface area contributed by atoms with Crippen molar-refractivity contribution in [1.29, 1.82) is 0 Å². The molecule has 1 N–H and O–H groups in total. The van der Waals surface area contributed by atoms with Crippen LogP contribution in [0, 0.1) is 0 Å². The van der Waals surface area contributed by atoms with Gasteiger partial charge < -0.3 is 5.32 Å². The average molecular weight is 155 g/mol. The van der Waals surface area contributed by atoms with Crippen molar-refractivity contribution in [3.05, 3.63) is 12.7 Å². The summed E-state index contributed by atoms with van der Waals surface area (Å²) in [5, 5.41) is 3.47. The minimum Gasteiger partial charge on any atom is -0.314 e. The van der Waals surface area contributed by atoms with Crippen molar-refractivity contribution >= 4 is 0 Å². The molecule has 1 atom stereocenters. The van der Waals surface area contributed by atoms with Crippen LogP contribution in [0.1, 0.15) is 39.5 Å². The molecule has 0 bridgehead atoms. The summed E-state index contributed by atoms with van der Waals surface area (Å²) in [6.45, 7) is 9.21. The molecule has 0 saturated heterocycles. The van der Waals surface area contributed by atoms with Crippen molar-refractivity contribution in [2.75, 3.05) is 6.54 Å². The normalized spacial score (nSPS) is 12.9. The third-order valence-corrected chi connectivity index (χ3v) is 1.85. The molecule has 0 rings (SSSR count). The van der Waals surface area contributed by atoms with Gasteiger partial charge in [-0.3, -0.25) is 0 Å². The monoisotopic (exact) mass is 155 g/mol. The molecule has 0 heterocycles. The minimum atomic E-state index is 0.711. The van der Waals surface area contributed by atoms with E-state index in [1.165, 1.54) is 19.3 Å². The van der Waals surface area contributed by atoms with Crippen molar-refractivity contribution in [1.82, 2.24) is 5.32 Å². The average Bonchev–Trinajstić information content (AvgIpc) is 2.01. The van der Waals surface area contributed by atoms with E-state index >= 15 is 0 Å². The molecule has 0 aromatic heterocycles. The first-order valence-electron chi connectivity index (χ1n) is 4.69. The Morgan fingerprint density at radius 3 is 2.55 bits per heavy atom. The lowest BCUT2D eigenvalue weighted by Gasteiger charge is -2.15. The lowest BCUT2D eigenvalue weighted by Crippen LogP contribution is -2.28. The molecule has 0 spiro atoms. The molecule has 0 aliphatic carbocycles. The van der Waals surface area contributed by atoms with Crippen LogP contribution >= 0.6 is 0 Å². The van der Waals surface area contributed by atoms with Crippen LogP contribution in [0.3, 0.4) is 0 Å². The maximum atomic E-state index is 3.73. The van der Waals surface area contributed by atoms with Gasteiger partial charge in [0.1, 0.15) is 0 Å².